The smallest absolute Gasteiger partial charge is 0.122 e. The van der Waals surface area contributed by atoms with Crippen molar-refractivity contribution in [1.29, 1.82) is 0 Å². The van der Waals surface area contributed by atoms with Crippen molar-refractivity contribution in [1.82, 2.24) is 4.90 Å². The Bertz CT molecular complexity index is 992. The molecule has 0 radical (unpaired) electrons. The Hall–Kier alpha value is -2.66. The van der Waals surface area contributed by atoms with Crippen LogP contribution < -0.4 is 4.74 Å². The Morgan fingerprint density at radius 3 is 1.86 bits per heavy atom. The minimum Gasteiger partial charge on any atom is -0.497 e. The minimum absolute atomic E-state index is 0.0977. The average molecular weight is 474 g/mol. The fraction of sp³-hybridized carbons (Fsp3) is 0.419. The maximum Gasteiger partial charge on any atom is 0.122 e. The van der Waals surface area contributed by atoms with Crippen LogP contribution in [0.25, 0.3) is 0 Å². The van der Waals surface area contributed by atoms with Crippen molar-refractivity contribution in [2.75, 3.05) is 20.2 Å². The van der Waals surface area contributed by atoms with Gasteiger partial charge in [0.05, 0.1) is 7.11 Å². The normalized spacial score (nSPS) is 17.5. The highest BCUT2D eigenvalue weighted by molar-refractivity contribution is 5.37. The predicted octanol–water partition coefficient (Wildman–Crippen LogP) is 5.76. The molecular weight excluding hydrogens is 434 g/mol. The molecule has 0 aliphatic carbocycles. The molecule has 0 saturated carbocycles. The molecule has 2 N–H and O–H groups in total. The van der Waals surface area contributed by atoms with Crippen LogP contribution in [0.5, 0.6) is 5.75 Å². The third kappa shape index (κ3) is 5.78. The summed E-state index contributed by atoms with van der Waals surface area (Å²) in [5.41, 5.74) is 0.766. The summed E-state index contributed by atoms with van der Waals surface area (Å²) in [6, 6.07) is 27.8. The number of ether oxygens (including phenoxy) is 1. The van der Waals surface area contributed by atoms with E-state index in [2.05, 4.69) is 11.8 Å². The predicted molar refractivity (Wildman–Crippen MR) is 141 cm³/mol. The second-order valence-electron chi connectivity index (χ2n) is 9.99. The van der Waals surface area contributed by atoms with Gasteiger partial charge in [0.25, 0.3) is 0 Å². The van der Waals surface area contributed by atoms with E-state index in [0.717, 1.165) is 48.4 Å². The van der Waals surface area contributed by atoms with Crippen molar-refractivity contribution in [2.45, 2.75) is 56.8 Å². The summed E-state index contributed by atoms with van der Waals surface area (Å²) in [7, 11) is 1.67. The Morgan fingerprint density at radius 2 is 1.34 bits per heavy atom. The van der Waals surface area contributed by atoms with Gasteiger partial charge in [-0.15, -0.1) is 0 Å². The number of benzene rings is 3. The molecule has 3 aromatic rings. The van der Waals surface area contributed by atoms with Gasteiger partial charge in [0, 0.05) is 19.5 Å². The fourth-order valence-corrected chi connectivity index (χ4v) is 5.52. The molecule has 186 valence electrons. The average Bonchev–Trinajstić information content (AvgIpc) is 2.93. The molecule has 2 atom stereocenters. The summed E-state index contributed by atoms with van der Waals surface area (Å²) in [4.78, 5) is 2.26. The van der Waals surface area contributed by atoms with E-state index in [0.29, 0.717) is 19.3 Å². The molecular formula is C31H39NO3. The molecule has 0 spiro atoms. The lowest BCUT2D eigenvalue weighted by molar-refractivity contribution is -0.127. The van der Waals surface area contributed by atoms with E-state index in [4.69, 9.17) is 4.74 Å². The maximum atomic E-state index is 12.2. The first kappa shape index (κ1) is 25.4. The Kier molecular flexibility index (Phi) is 8.27. The van der Waals surface area contributed by atoms with Gasteiger partial charge in [-0.2, -0.15) is 0 Å². The van der Waals surface area contributed by atoms with E-state index in [1.165, 1.54) is 6.42 Å². The van der Waals surface area contributed by atoms with Crippen LogP contribution in [0.15, 0.2) is 84.9 Å². The number of methoxy groups -OCH3 is 1. The molecule has 3 aromatic carbocycles. The van der Waals surface area contributed by atoms with Crippen molar-refractivity contribution in [3.8, 4) is 5.75 Å². The van der Waals surface area contributed by atoms with Gasteiger partial charge in [0.2, 0.25) is 0 Å². The van der Waals surface area contributed by atoms with Crippen LogP contribution in [0, 0.1) is 5.92 Å². The van der Waals surface area contributed by atoms with Gasteiger partial charge >= 0.3 is 0 Å². The highest BCUT2D eigenvalue weighted by atomic mass is 16.5. The van der Waals surface area contributed by atoms with Crippen molar-refractivity contribution < 1.29 is 14.9 Å². The lowest BCUT2D eigenvalue weighted by Crippen LogP contribution is -2.53. The van der Waals surface area contributed by atoms with Crippen LogP contribution in [0.3, 0.4) is 0 Å². The van der Waals surface area contributed by atoms with E-state index in [9.17, 15) is 10.2 Å². The molecule has 1 aliphatic heterocycles. The topological polar surface area (TPSA) is 52.9 Å². The van der Waals surface area contributed by atoms with Crippen LogP contribution in [-0.4, -0.2) is 41.0 Å². The van der Waals surface area contributed by atoms with Crippen LogP contribution >= 0.6 is 0 Å². The van der Waals surface area contributed by atoms with Crippen LogP contribution in [0.4, 0.5) is 0 Å². The van der Waals surface area contributed by atoms with Crippen molar-refractivity contribution in [3.63, 3.8) is 0 Å². The van der Waals surface area contributed by atoms with Crippen LogP contribution in [-0.2, 0) is 12.0 Å². The first-order valence-electron chi connectivity index (χ1n) is 12.9. The molecule has 1 fully saturated rings. The largest absolute Gasteiger partial charge is 0.497 e. The van der Waals surface area contributed by atoms with Crippen molar-refractivity contribution in [2.24, 2.45) is 5.92 Å². The zero-order valence-electron chi connectivity index (χ0n) is 21.1. The standard InChI is InChI=1S/C31H39NO3/c1-25(31(34,27-12-6-3-7-13-27)28-14-8-4-9-15-28)20-21-30(33,32-22-10-5-11-23-32)24-26-16-18-29(35-2)19-17-26/h3-4,6-9,12-19,25,33-34H,5,10-11,20-24H2,1-2H3. The molecule has 2 unspecified atom stereocenters. The molecule has 1 heterocycles. The Labute approximate surface area is 210 Å². The quantitative estimate of drug-likeness (QED) is 0.393. The number of nitrogens with zero attached hydrogens (tertiary/aromatic N) is 1. The highest BCUT2D eigenvalue weighted by Gasteiger charge is 2.41. The third-order valence-corrected chi connectivity index (χ3v) is 7.71. The molecule has 1 aliphatic rings. The monoisotopic (exact) mass is 473 g/mol. The summed E-state index contributed by atoms with van der Waals surface area (Å²) < 4.78 is 5.32. The number of rotatable bonds is 10. The number of aliphatic hydroxyl groups is 2. The summed E-state index contributed by atoms with van der Waals surface area (Å²) in [5, 5.41) is 24.3. The zero-order valence-corrected chi connectivity index (χ0v) is 21.1. The van der Waals surface area contributed by atoms with E-state index < -0.39 is 11.3 Å². The molecule has 35 heavy (non-hydrogen) atoms. The minimum atomic E-state index is -1.13. The van der Waals surface area contributed by atoms with E-state index in [1.807, 2.05) is 84.9 Å². The van der Waals surface area contributed by atoms with Crippen molar-refractivity contribution in [3.05, 3.63) is 102 Å². The zero-order chi connectivity index (χ0) is 24.7. The van der Waals surface area contributed by atoms with Gasteiger partial charge in [0.15, 0.2) is 0 Å². The molecule has 4 rings (SSSR count). The molecule has 0 amide bonds. The first-order chi connectivity index (χ1) is 17.0. The SMILES string of the molecule is COc1ccc(CC(O)(CCC(C)C(O)(c2ccccc2)c2ccccc2)N2CCCCC2)cc1. The summed E-state index contributed by atoms with van der Waals surface area (Å²) >= 11 is 0. The molecule has 4 nitrogen and oxygen atoms in total. The van der Waals surface area contributed by atoms with E-state index in [-0.39, 0.29) is 5.92 Å². The van der Waals surface area contributed by atoms with E-state index >= 15 is 0 Å². The number of hydrogen-bond donors (Lipinski definition) is 2. The molecule has 0 bridgehead atoms. The first-order valence-corrected chi connectivity index (χ1v) is 12.9. The van der Waals surface area contributed by atoms with Crippen LogP contribution in [0.1, 0.15) is 55.7 Å². The molecule has 0 aromatic heterocycles. The lowest BCUT2D eigenvalue weighted by Gasteiger charge is -2.44. The van der Waals surface area contributed by atoms with Crippen molar-refractivity contribution >= 4 is 0 Å². The van der Waals surface area contributed by atoms with Gasteiger partial charge in [-0.05, 0) is 60.4 Å². The summed E-state index contributed by atoms with van der Waals surface area (Å²) in [6.45, 7) is 3.91. The lowest BCUT2D eigenvalue weighted by atomic mass is 9.74. The van der Waals surface area contributed by atoms with Gasteiger partial charge in [-0.1, -0.05) is 86.1 Å². The fourth-order valence-electron chi connectivity index (χ4n) is 5.52. The highest BCUT2D eigenvalue weighted by Crippen LogP contribution is 2.40. The van der Waals surface area contributed by atoms with Gasteiger partial charge in [-0.25, -0.2) is 0 Å². The van der Waals surface area contributed by atoms with Gasteiger partial charge in [0.1, 0.15) is 17.1 Å². The third-order valence-electron chi connectivity index (χ3n) is 7.71. The number of hydrogen-bond acceptors (Lipinski definition) is 4. The second-order valence-corrected chi connectivity index (χ2v) is 9.99. The summed E-state index contributed by atoms with van der Waals surface area (Å²) in [6.07, 6.45) is 5.26. The van der Waals surface area contributed by atoms with E-state index in [1.54, 1.807) is 7.11 Å². The molecule has 4 heteroatoms. The van der Waals surface area contributed by atoms with Crippen LogP contribution in [0.2, 0.25) is 0 Å². The Morgan fingerprint density at radius 1 is 0.800 bits per heavy atom. The second kappa shape index (κ2) is 11.4. The number of piperidine rings is 1. The molecule has 1 saturated heterocycles. The Balaban J connectivity index is 1.59. The van der Waals surface area contributed by atoms with Gasteiger partial charge < -0.3 is 14.9 Å². The summed E-state index contributed by atoms with van der Waals surface area (Å²) in [5.74, 6) is 0.721. The van der Waals surface area contributed by atoms with Gasteiger partial charge in [-0.3, -0.25) is 4.90 Å². The number of likely N-dealkylation sites (tertiary alicyclic amines) is 1. The maximum absolute atomic E-state index is 12.2.